The number of nitrogens with one attached hydrogen (secondary N) is 1. The van der Waals surface area contributed by atoms with Gasteiger partial charge >= 0.3 is 0 Å². The lowest BCUT2D eigenvalue weighted by molar-refractivity contribution is -0.124. The zero-order valence-electron chi connectivity index (χ0n) is 8.08. The first-order valence-electron chi connectivity index (χ1n) is 4.39. The van der Waals surface area contributed by atoms with E-state index >= 15 is 0 Å². The molecule has 1 amide bonds. The van der Waals surface area contributed by atoms with Gasteiger partial charge in [0.15, 0.2) is 5.84 Å². The number of oxime groups is 1. The zero-order valence-corrected chi connectivity index (χ0v) is 8.08. The predicted octanol–water partition coefficient (Wildman–Crippen LogP) is 0.285. The van der Waals surface area contributed by atoms with Crippen molar-refractivity contribution in [2.24, 2.45) is 16.8 Å². The van der Waals surface area contributed by atoms with Crippen molar-refractivity contribution in [3.8, 4) is 0 Å². The highest BCUT2D eigenvalue weighted by Gasteiger charge is 2.13. The van der Waals surface area contributed by atoms with E-state index in [4.69, 9.17) is 10.9 Å². The Kier molecular flexibility index (Phi) is 5.67. The molecule has 5 nitrogen and oxygen atoms in total. The molecule has 5 heteroatoms. The lowest BCUT2D eigenvalue weighted by Gasteiger charge is -2.11. The first-order chi connectivity index (χ1) is 6.15. The van der Waals surface area contributed by atoms with Crippen LogP contribution in [0.15, 0.2) is 5.16 Å². The highest BCUT2D eigenvalue weighted by Crippen LogP contribution is 2.06. The normalized spacial score (nSPS) is 11.8. The largest absolute Gasteiger partial charge is 0.409 e. The van der Waals surface area contributed by atoms with Crippen LogP contribution >= 0.6 is 0 Å². The lowest BCUT2D eigenvalue weighted by Crippen LogP contribution is -2.37. The molecule has 0 bridgehead atoms. The average molecular weight is 187 g/mol. The van der Waals surface area contributed by atoms with Crippen molar-refractivity contribution in [1.29, 1.82) is 0 Å². The van der Waals surface area contributed by atoms with Gasteiger partial charge in [-0.3, -0.25) is 4.79 Å². The van der Waals surface area contributed by atoms with Gasteiger partial charge in [0, 0.05) is 5.92 Å². The third-order valence-corrected chi connectivity index (χ3v) is 1.93. The van der Waals surface area contributed by atoms with Gasteiger partial charge in [-0.25, -0.2) is 0 Å². The predicted molar refractivity (Wildman–Crippen MR) is 50.5 cm³/mol. The van der Waals surface area contributed by atoms with E-state index in [1.54, 1.807) is 0 Å². The summed E-state index contributed by atoms with van der Waals surface area (Å²) in [6.07, 6.45) is 1.61. The first-order valence-corrected chi connectivity index (χ1v) is 4.39. The number of carbonyl (C=O) groups excluding carboxylic acids is 1. The SMILES string of the molecule is CCC(CC)C(=O)NC/C(N)=N/O. The molecule has 0 aromatic heterocycles. The average Bonchev–Trinajstić information content (AvgIpc) is 2.16. The van der Waals surface area contributed by atoms with Gasteiger partial charge in [-0.15, -0.1) is 0 Å². The standard InChI is InChI=1S/C8H17N3O2/c1-3-6(4-2)8(12)10-5-7(9)11-13/h6,13H,3-5H2,1-2H3,(H2,9,11)(H,10,12). The molecule has 4 N–H and O–H groups in total. The van der Waals surface area contributed by atoms with E-state index in [0.29, 0.717) is 0 Å². The molecule has 0 aromatic carbocycles. The van der Waals surface area contributed by atoms with Gasteiger partial charge in [-0.05, 0) is 12.8 Å². The third-order valence-electron chi connectivity index (χ3n) is 1.93. The second-order valence-electron chi connectivity index (χ2n) is 2.82. The molecule has 76 valence electrons. The highest BCUT2D eigenvalue weighted by atomic mass is 16.4. The maximum Gasteiger partial charge on any atom is 0.223 e. The van der Waals surface area contributed by atoms with Crippen LogP contribution < -0.4 is 11.1 Å². The molecule has 0 rings (SSSR count). The van der Waals surface area contributed by atoms with Crippen LogP contribution in [0.4, 0.5) is 0 Å². The maximum atomic E-state index is 11.3. The Bertz CT molecular complexity index is 188. The summed E-state index contributed by atoms with van der Waals surface area (Å²) in [6.45, 7) is 4.01. The van der Waals surface area contributed by atoms with Crippen LogP contribution in [-0.2, 0) is 4.79 Å². The fourth-order valence-corrected chi connectivity index (χ4v) is 1.02. The number of rotatable bonds is 5. The molecule has 0 unspecified atom stereocenters. The summed E-state index contributed by atoms with van der Waals surface area (Å²) in [5, 5.41) is 13.5. The minimum absolute atomic E-state index is 0.0132. The first kappa shape index (κ1) is 11.7. The lowest BCUT2D eigenvalue weighted by atomic mass is 10.0. The van der Waals surface area contributed by atoms with Gasteiger partial charge in [0.1, 0.15) is 0 Å². The number of carbonyl (C=O) groups is 1. The molecule has 0 atom stereocenters. The number of hydrogen-bond donors (Lipinski definition) is 3. The van der Waals surface area contributed by atoms with Gasteiger partial charge in [0.2, 0.25) is 5.91 Å². The van der Waals surface area contributed by atoms with Crippen LogP contribution in [-0.4, -0.2) is 23.5 Å². The van der Waals surface area contributed by atoms with Gasteiger partial charge in [-0.1, -0.05) is 19.0 Å². The minimum Gasteiger partial charge on any atom is -0.409 e. The number of nitrogens with zero attached hydrogens (tertiary/aromatic N) is 1. The molecule has 0 aliphatic heterocycles. The van der Waals surface area contributed by atoms with Crippen molar-refractivity contribution >= 4 is 11.7 Å². The Hall–Kier alpha value is -1.26. The Morgan fingerprint density at radius 2 is 2.08 bits per heavy atom. The Morgan fingerprint density at radius 1 is 1.54 bits per heavy atom. The molecule has 0 heterocycles. The van der Waals surface area contributed by atoms with Crippen LogP contribution in [0, 0.1) is 5.92 Å². The van der Waals surface area contributed by atoms with E-state index in [0.717, 1.165) is 12.8 Å². The fraction of sp³-hybridized carbons (Fsp3) is 0.750. The topological polar surface area (TPSA) is 87.7 Å². The number of amidine groups is 1. The molecule has 0 aliphatic carbocycles. The zero-order chi connectivity index (χ0) is 10.3. The summed E-state index contributed by atoms with van der Waals surface area (Å²) >= 11 is 0. The van der Waals surface area contributed by atoms with Crippen molar-refractivity contribution in [1.82, 2.24) is 5.32 Å². The molecule has 0 spiro atoms. The molecular formula is C8H17N3O2. The molecule has 0 aliphatic rings. The summed E-state index contributed by atoms with van der Waals surface area (Å²) < 4.78 is 0. The van der Waals surface area contributed by atoms with Crippen LogP contribution in [0.3, 0.4) is 0 Å². The van der Waals surface area contributed by atoms with Crippen molar-refractivity contribution < 1.29 is 10.0 Å². The number of nitrogens with two attached hydrogens (primary N) is 1. The van der Waals surface area contributed by atoms with E-state index in [9.17, 15) is 4.79 Å². The second-order valence-corrected chi connectivity index (χ2v) is 2.82. The molecule has 0 saturated heterocycles. The van der Waals surface area contributed by atoms with Crippen molar-refractivity contribution in [3.05, 3.63) is 0 Å². The van der Waals surface area contributed by atoms with E-state index < -0.39 is 0 Å². The van der Waals surface area contributed by atoms with E-state index in [2.05, 4.69) is 10.5 Å². The van der Waals surface area contributed by atoms with Gasteiger partial charge in [0.25, 0.3) is 0 Å². The van der Waals surface area contributed by atoms with Crippen LogP contribution in [0.2, 0.25) is 0 Å². The molecule has 0 aromatic rings. The Morgan fingerprint density at radius 3 is 2.46 bits per heavy atom. The number of hydrogen-bond acceptors (Lipinski definition) is 3. The summed E-state index contributed by atoms with van der Waals surface area (Å²) in [5.41, 5.74) is 5.19. The monoisotopic (exact) mass is 187 g/mol. The van der Waals surface area contributed by atoms with Crippen LogP contribution in [0.5, 0.6) is 0 Å². The third kappa shape index (κ3) is 4.35. The summed E-state index contributed by atoms with van der Waals surface area (Å²) in [4.78, 5) is 11.3. The second kappa shape index (κ2) is 6.28. The molecule has 13 heavy (non-hydrogen) atoms. The molecule has 0 radical (unpaired) electrons. The molecule has 0 fully saturated rings. The molecule has 0 saturated carbocycles. The van der Waals surface area contributed by atoms with Gasteiger partial charge in [-0.2, -0.15) is 0 Å². The molecular weight excluding hydrogens is 170 g/mol. The smallest absolute Gasteiger partial charge is 0.223 e. The van der Waals surface area contributed by atoms with Crippen molar-refractivity contribution in [3.63, 3.8) is 0 Å². The van der Waals surface area contributed by atoms with Crippen molar-refractivity contribution in [2.45, 2.75) is 26.7 Å². The number of amides is 1. The Balaban J connectivity index is 3.86. The van der Waals surface area contributed by atoms with E-state index in [1.165, 1.54) is 0 Å². The fourth-order valence-electron chi connectivity index (χ4n) is 1.02. The summed E-state index contributed by atoms with van der Waals surface area (Å²) in [7, 11) is 0. The van der Waals surface area contributed by atoms with Gasteiger partial charge < -0.3 is 16.3 Å². The van der Waals surface area contributed by atoms with Gasteiger partial charge in [0.05, 0.1) is 6.54 Å². The van der Waals surface area contributed by atoms with Crippen LogP contribution in [0.1, 0.15) is 26.7 Å². The van der Waals surface area contributed by atoms with Crippen LogP contribution in [0.25, 0.3) is 0 Å². The summed E-state index contributed by atoms with van der Waals surface area (Å²) in [6, 6.07) is 0. The maximum absolute atomic E-state index is 11.3. The van der Waals surface area contributed by atoms with E-state index in [-0.39, 0.29) is 24.2 Å². The summed E-state index contributed by atoms with van der Waals surface area (Å²) in [5.74, 6) is -0.0117. The highest BCUT2D eigenvalue weighted by molar-refractivity contribution is 5.87. The Labute approximate surface area is 78.0 Å². The minimum atomic E-state index is -0.0448. The van der Waals surface area contributed by atoms with Crippen molar-refractivity contribution in [2.75, 3.05) is 6.54 Å². The quantitative estimate of drug-likeness (QED) is 0.250. The van der Waals surface area contributed by atoms with E-state index in [1.807, 2.05) is 13.8 Å².